The summed E-state index contributed by atoms with van der Waals surface area (Å²) in [5, 5.41) is 14.7. The van der Waals surface area contributed by atoms with Crippen molar-refractivity contribution in [3.63, 3.8) is 0 Å². The van der Waals surface area contributed by atoms with Crippen LogP contribution in [0.5, 0.6) is 0 Å². The fourth-order valence-corrected chi connectivity index (χ4v) is 3.77. The highest BCUT2D eigenvalue weighted by molar-refractivity contribution is 5.99. The van der Waals surface area contributed by atoms with Crippen LogP contribution in [0.3, 0.4) is 0 Å². The summed E-state index contributed by atoms with van der Waals surface area (Å²) in [5.74, 6) is 2.36. The first-order valence-electron chi connectivity index (χ1n) is 8.89. The fourth-order valence-electron chi connectivity index (χ4n) is 3.77. The van der Waals surface area contributed by atoms with Gasteiger partial charge in [0.15, 0.2) is 11.6 Å². The Bertz CT molecular complexity index is 807. The van der Waals surface area contributed by atoms with Gasteiger partial charge in [0.1, 0.15) is 5.69 Å². The maximum Gasteiger partial charge on any atom is 0.156 e. The number of fused-ring (bicyclic) bond motifs is 1. The highest BCUT2D eigenvalue weighted by Crippen LogP contribution is 2.32. The predicted molar refractivity (Wildman–Crippen MR) is 96.9 cm³/mol. The van der Waals surface area contributed by atoms with E-state index in [1.54, 1.807) is 6.26 Å². The maximum absolute atomic E-state index is 5.52. The van der Waals surface area contributed by atoms with Gasteiger partial charge in [-0.15, -0.1) is 10.2 Å². The van der Waals surface area contributed by atoms with Crippen LogP contribution in [0.4, 0.5) is 5.82 Å². The van der Waals surface area contributed by atoms with Crippen LogP contribution < -0.4 is 5.32 Å². The summed E-state index contributed by atoms with van der Waals surface area (Å²) >= 11 is 0. The zero-order valence-electron chi connectivity index (χ0n) is 14.0. The highest BCUT2D eigenvalue weighted by Gasteiger charge is 2.21. The topological polar surface area (TPSA) is 51.0 Å². The van der Waals surface area contributed by atoms with Gasteiger partial charge in [0.25, 0.3) is 0 Å². The smallest absolute Gasteiger partial charge is 0.156 e. The molecule has 4 rings (SSSR count). The van der Waals surface area contributed by atoms with Gasteiger partial charge in [-0.25, -0.2) is 0 Å². The van der Waals surface area contributed by atoms with E-state index in [4.69, 9.17) is 4.42 Å². The molecule has 3 aromatic rings. The van der Waals surface area contributed by atoms with Gasteiger partial charge in [-0.05, 0) is 37.8 Å². The van der Waals surface area contributed by atoms with Gasteiger partial charge in [-0.2, -0.15) is 0 Å². The zero-order valence-corrected chi connectivity index (χ0v) is 14.0. The van der Waals surface area contributed by atoms with Crippen molar-refractivity contribution in [2.24, 2.45) is 5.92 Å². The van der Waals surface area contributed by atoms with Gasteiger partial charge < -0.3 is 9.73 Å². The Morgan fingerprint density at radius 1 is 1.00 bits per heavy atom. The minimum atomic E-state index is 0.414. The summed E-state index contributed by atoms with van der Waals surface area (Å²) < 4.78 is 5.52. The molecule has 2 aromatic heterocycles. The van der Waals surface area contributed by atoms with Crippen molar-refractivity contribution in [3.05, 3.63) is 42.7 Å². The molecule has 1 atom stereocenters. The van der Waals surface area contributed by atoms with E-state index in [0.717, 1.165) is 34.0 Å². The first-order valence-corrected chi connectivity index (χ1v) is 8.89. The summed E-state index contributed by atoms with van der Waals surface area (Å²) in [6.07, 6.45) is 8.36. The molecule has 4 nitrogen and oxygen atoms in total. The van der Waals surface area contributed by atoms with Gasteiger partial charge in [0.2, 0.25) is 0 Å². The van der Waals surface area contributed by atoms with E-state index < -0.39 is 0 Å². The predicted octanol–water partition coefficient (Wildman–Crippen LogP) is 5.27. The summed E-state index contributed by atoms with van der Waals surface area (Å²) in [7, 11) is 0. The lowest BCUT2D eigenvalue weighted by Crippen LogP contribution is -2.28. The van der Waals surface area contributed by atoms with Crippen LogP contribution in [0.1, 0.15) is 39.0 Å². The Labute approximate surface area is 142 Å². The van der Waals surface area contributed by atoms with Crippen molar-refractivity contribution >= 4 is 16.6 Å². The second-order valence-electron chi connectivity index (χ2n) is 6.75. The van der Waals surface area contributed by atoms with Crippen LogP contribution in [0, 0.1) is 5.92 Å². The SMILES string of the molecule is CC(Nc1nnc(-c2ccco2)c2ccccc12)C1CCCCC1. The van der Waals surface area contributed by atoms with Gasteiger partial charge in [0, 0.05) is 16.8 Å². The number of hydrogen-bond acceptors (Lipinski definition) is 4. The standard InChI is InChI=1S/C20H23N3O/c1-14(15-8-3-2-4-9-15)21-20-17-11-6-5-10-16(17)19(22-23-20)18-12-7-13-24-18/h5-7,10-15H,2-4,8-9H2,1H3,(H,21,23). The molecule has 1 aliphatic carbocycles. The molecule has 1 saturated carbocycles. The lowest BCUT2D eigenvalue weighted by Gasteiger charge is -2.28. The van der Waals surface area contributed by atoms with Gasteiger partial charge in [-0.1, -0.05) is 43.5 Å². The number of rotatable bonds is 4. The molecule has 124 valence electrons. The third-order valence-electron chi connectivity index (χ3n) is 5.16. The summed E-state index contributed by atoms with van der Waals surface area (Å²) in [5.41, 5.74) is 0.798. The van der Waals surface area contributed by atoms with Crippen LogP contribution in [-0.2, 0) is 0 Å². The molecule has 4 heteroatoms. The van der Waals surface area contributed by atoms with E-state index in [-0.39, 0.29) is 0 Å². The van der Waals surface area contributed by atoms with Gasteiger partial charge in [-0.3, -0.25) is 0 Å². The number of nitrogens with zero attached hydrogens (tertiary/aromatic N) is 2. The third-order valence-corrected chi connectivity index (χ3v) is 5.16. The molecule has 2 heterocycles. The number of furan rings is 1. The Hall–Kier alpha value is -2.36. The molecule has 1 N–H and O–H groups in total. The minimum Gasteiger partial charge on any atom is -0.463 e. The lowest BCUT2D eigenvalue weighted by molar-refractivity contribution is 0.328. The van der Waals surface area contributed by atoms with Crippen molar-refractivity contribution in [2.45, 2.75) is 45.1 Å². The molecule has 0 spiro atoms. The molecule has 0 bridgehead atoms. The van der Waals surface area contributed by atoms with E-state index in [2.05, 4.69) is 34.6 Å². The molecule has 1 aromatic carbocycles. The molecule has 0 saturated heterocycles. The largest absolute Gasteiger partial charge is 0.463 e. The second-order valence-corrected chi connectivity index (χ2v) is 6.75. The quantitative estimate of drug-likeness (QED) is 0.711. The summed E-state index contributed by atoms with van der Waals surface area (Å²) in [6, 6.07) is 12.5. The van der Waals surface area contributed by atoms with Crippen LogP contribution in [-0.4, -0.2) is 16.2 Å². The van der Waals surface area contributed by atoms with Crippen molar-refractivity contribution in [1.29, 1.82) is 0 Å². The molecule has 0 radical (unpaired) electrons. The Balaban J connectivity index is 1.68. The molecule has 1 unspecified atom stereocenters. The van der Waals surface area contributed by atoms with Crippen LogP contribution in [0.2, 0.25) is 0 Å². The minimum absolute atomic E-state index is 0.414. The first-order chi connectivity index (χ1) is 11.8. The molecule has 1 fully saturated rings. The van der Waals surface area contributed by atoms with E-state index in [1.807, 2.05) is 24.3 Å². The van der Waals surface area contributed by atoms with Crippen molar-refractivity contribution in [3.8, 4) is 11.5 Å². The number of anilines is 1. The summed E-state index contributed by atoms with van der Waals surface area (Å²) in [6.45, 7) is 2.27. The van der Waals surface area contributed by atoms with Crippen molar-refractivity contribution in [1.82, 2.24) is 10.2 Å². The Kier molecular flexibility index (Phi) is 4.20. The molecular formula is C20H23N3O. The molecule has 1 aliphatic rings. The normalized spacial score (nSPS) is 17.0. The van der Waals surface area contributed by atoms with E-state index in [9.17, 15) is 0 Å². The van der Waals surface area contributed by atoms with Crippen LogP contribution in [0.25, 0.3) is 22.2 Å². The second kappa shape index (κ2) is 6.63. The summed E-state index contributed by atoms with van der Waals surface area (Å²) in [4.78, 5) is 0. The average molecular weight is 321 g/mol. The van der Waals surface area contributed by atoms with Crippen LogP contribution >= 0.6 is 0 Å². The monoisotopic (exact) mass is 321 g/mol. The first kappa shape index (κ1) is 15.2. The zero-order chi connectivity index (χ0) is 16.4. The highest BCUT2D eigenvalue weighted by atomic mass is 16.3. The number of benzene rings is 1. The van der Waals surface area contributed by atoms with E-state index >= 15 is 0 Å². The van der Waals surface area contributed by atoms with Crippen molar-refractivity contribution in [2.75, 3.05) is 5.32 Å². The number of aromatic nitrogens is 2. The van der Waals surface area contributed by atoms with Crippen molar-refractivity contribution < 1.29 is 4.42 Å². The van der Waals surface area contributed by atoms with E-state index in [1.165, 1.54) is 32.1 Å². The Morgan fingerprint density at radius 2 is 1.79 bits per heavy atom. The maximum atomic E-state index is 5.52. The molecule has 24 heavy (non-hydrogen) atoms. The van der Waals surface area contributed by atoms with Gasteiger partial charge in [0.05, 0.1) is 6.26 Å². The molecule has 0 aliphatic heterocycles. The van der Waals surface area contributed by atoms with E-state index in [0.29, 0.717) is 6.04 Å². The number of nitrogens with one attached hydrogen (secondary N) is 1. The third kappa shape index (κ3) is 2.88. The average Bonchev–Trinajstić information content (AvgIpc) is 3.17. The Morgan fingerprint density at radius 3 is 2.54 bits per heavy atom. The molecule has 0 amide bonds. The van der Waals surface area contributed by atoms with Gasteiger partial charge >= 0.3 is 0 Å². The molecular weight excluding hydrogens is 298 g/mol. The fraction of sp³-hybridized carbons (Fsp3) is 0.400. The number of hydrogen-bond donors (Lipinski definition) is 1. The van der Waals surface area contributed by atoms with Crippen LogP contribution in [0.15, 0.2) is 47.1 Å². The lowest BCUT2D eigenvalue weighted by atomic mass is 9.84.